The Balaban J connectivity index is 2.60. The van der Waals surface area contributed by atoms with E-state index in [1.807, 2.05) is 18.7 Å². The van der Waals surface area contributed by atoms with Crippen molar-refractivity contribution in [2.24, 2.45) is 11.7 Å². The van der Waals surface area contributed by atoms with Crippen molar-refractivity contribution < 1.29 is 4.79 Å². The largest absolute Gasteiger partial charge is 0.339 e. The average Bonchev–Trinajstić information content (AvgIpc) is 2.38. The van der Waals surface area contributed by atoms with E-state index >= 15 is 0 Å². The highest BCUT2D eigenvalue weighted by Gasteiger charge is 2.31. The zero-order chi connectivity index (χ0) is 14.6. The van der Waals surface area contributed by atoms with Gasteiger partial charge in [-0.15, -0.1) is 0 Å². The molecule has 0 heterocycles. The van der Waals surface area contributed by atoms with Gasteiger partial charge in [0.25, 0.3) is 0 Å². The van der Waals surface area contributed by atoms with Crippen molar-refractivity contribution in [3.8, 4) is 0 Å². The zero-order valence-electron chi connectivity index (χ0n) is 13.2. The molecule has 1 aliphatic rings. The van der Waals surface area contributed by atoms with E-state index in [1.54, 1.807) is 0 Å². The molecule has 19 heavy (non-hydrogen) atoms. The minimum Gasteiger partial charge on any atom is -0.339 e. The summed E-state index contributed by atoms with van der Waals surface area (Å²) in [5.74, 6) is 0.338. The molecule has 112 valence electrons. The van der Waals surface area contributed by atoms with Gasteiger partial charge in [0.15, 0.2) is 0 Å². The lowest BCUT2D eigenvalue weighted by Crippen LogP contribution is -2.52. The fraction of sp³-hybridized carbons (Fsp3) is 0.933. The van der Waals surface area contributed by atoms with Gasteiger partial charge < -0.3 is 15.5 Å². The van der Waals surface area contributed by atoms with Gasteiger partial charge in [0, 0.05) is 18.6 Å². The minimum atomic E-state index is -0.355. The Bertz CT molecular complexity index is 283. The first-order chi connectivity index (χ1) is 8.88. The molecule has 4 heteroatoms. The standard InChI is InChI=1S/C15H31N3O/c1-6-18(15(19)14(16)11(2)3)13-9-7-12(8-10-13)17(4)5/h11-14H,6-10,16H2,1-5H3/t12?,13?,14-/m0/s1. The van der Waals surface area contributed by atoms with Crippen molar-refractivity contribution in [1.29, 1.82) is 0 Å². The smallest absolute Gasteiger partial charge is 0.239 e. The van der Waals surface area contributed by atoms with Crippen LogP contribution in [0.2, 0.25) is 0 Å². The van der Waals surface area contributed by atoms with E-state index in [0.717, 1.165) is 19.4 Å². The van der Waals surface area contributed by atoms with Crippen LogP contribution in [0.25, 0.3) is 0 Å². The topological polar surface area (TPSA) is 49.6 Å². The third-order valence-corrected chi connectivity index (χ3v) is 4.46. The van der Waals surface area contributed by atoms with E-state index in [-0.39, 0.29) is 17.9 Å². The Morgan fingerprint density at radius 3 is 2.00 bits per heavy atom. The van der Waals surface area contributed by atoms with Crippen molar-refractivity contribution in [1.82, 2.24) is 9.80 Å². The second kappa shape index (κ2) is 7.25. The fourth-order valence-electron chi connectivity index (χ4n) is 2.96. The van der Waals surface area contributed by atoms with Gasteiger partial charge in [-0.25, -0.2) is 0 Å². The number of hydrogen-bond acceptors (Lipinski definition) is 3. The molecule has 2 N–H and O–H groups in total. The summed E-state index contributed by atoms with van der Waals surface area (Å²) in [5.41, 5.74) is 6.02. The molecule has 0 saturated heterocycles. The van der Waals surface area contributed by atoms with Crippen LogP contribution in [0.5, 0.6) is 0 Å². The van der Waals surface area contributed by atoms with Crippen LogP contribution < -0.4 is 5.73 Å². The molecule has 0 radical (unpaired) electrons. The summed E-state index contributed by atoms with van der Waals surface area (Å²) in [6, 6.07) is 0.703. The van der Waals surface area contributed by atoms with Crippen molar-refractivity contribution in [2.45, 2.75) is 64.6 Å². The van der Waals surface area contributed by atoms with Gasteiger partial charge >= 0.3 is 0 Å². The molecular weight excluding hydrogens is 238 g/mol. The van der Waals surface area contributed by atoms with Crippen LogP contribution in [0.1, 0.15) is 46.5 Å². The molecule has 1 aliphatic carbocycles. The molecule has 1 saturated carbocycles. The summed E-state index contributed by atoms with van der Waals surface area (Å²) in [7, 11) is 4.28. The molecule has 1 amide bonds. The normalized spacial score (nSPS) is 25.7. The van der Waals surface area contributed by atoms with E-state index in [1.165, 1.54) is 12.8 Å². The Hall–Kier alpha value is -0.610. The highest BCUT2D eigenvalue weighted by atomic mass is 16.2. The first kappa shape index (κ1) is 16.4. The predicted molar refractivity (Wildman–Crippen MR) is 79.9 cm³/mol. The van der Waals surface area contributed by atoms with Crippen LogP contribution in [0, 0.1) is 5.92 Å². The van der Waals surface area contributed by atoms with E-state index < -0.39 is 0 Å². The quantitative estimate of drug-likeness (QED) is 0.826. The van der Waals surface area contributed by atoms with Crippen LogP contribution in [-0.4, -0.2) is 54.5 Å². The van der Waals surface area contributed by atoms with Crippen LogP contribution in [0.4, 0.5) is 0 Å². The number of carbonyl (C=O) groups is 1. The number of hydrogen-bond donors (Lipinski definition) is 1. The van der Waals surface area contributed by atoms with Gasteiger partial charge in [-0.1, -0.05) is 13.8 Å². The highest BCUT2D eigenvalue weighted by molar-refractivity contribution is 5.82. The summed E-state index contributed by atoms with van der Waals surface area (Å²) in [6.45, 7) is 6.86. The van der Waals surface area contributed by atoms with E-state index in [0.29, 0.717) is 12.1 Å². The Morgan fingerprint density at radius 2 is 1.63 bits per heavy atom. The summed E-state index contributed by atoms with van der Waals surface area (Å²) in [6.07, 6.45) is 4.57. The molecule has 0 aromatic rings. The van der Waals surface area contributed by atoms with E-state index in [2.05, 4.69) is 25.9 Å². The van der Waals surface area contributed by atoms with Crippen molar-refractivity contribution in [3.63, 3.8) is 0 Å². The Labute approximate surface area is 118 Å². The number of likely N-dealkylation sites (N-methyl/N-ethyl adjacent to an activating group) is 1. The lowest BCUT2D eigenvalue weighted by Gasteiger charge is -2.39. The van der Waals surface area contributed by atoms with Crippen molar-refractivity contribution in [3.05, 3.63) is 0 Å². The minimum absolute atomic E-state index is 0.130. The first-order valence-corrected chi connectivity index (χ1v) is 7.60. The monoisotopic (exact) mass is 269 g/mol. The third kappa shape index (κ3) is 4.18. The number of nitrogens with two attached hydrogens (primary N) is 1. The van der Waals surface area contributed by atoms with Crippen LogP contribution in [0.15, 0.2) is 0 Å². The summed E-state index contributed by atoms with van der Waals surface area (Å²) < 4.78 is 0. The van der Waals surface area contributed by atoms with E-state index in [4.69, 9.17) is 5.73 Å². The zero-order valence-corrected chi connectivity index (χ0v) is 13.2. The van der Waals surface area contributed by atoms with Gasteiger partial charge in [0.05, 0.1) is 6.04 Å². The molecule has 1 rings (SSSR count). The molecule has 0 unspecified atom stereocenters. The summed E-state index contributed by atoms with van der Waals surface area (Å²) in [5, 5.41) is 0. The maximum Gasteiger partial charge on any atom is 0.239 e. The third-order valence-electron chi connectivity index (χ3n) is 4.46. The summed E-state index contributed by atoms with van der Waals surface area (Å²) in [4.78, 5) is 16.7. The highest BCUT2D eigenvalue weighted by Crippen LogP contribution is 2.26. The SMILES string of the molecule is CCN(C(=O)[C@@H](N)C(C)C)C1CCC(N(C)C)CC1. The Morgan fingerprint density at radius 1 is 1.16 bits per heavy atom. The second-order valence-electron chi connectivity index (χ2n) is 6.32. The van der Waals surface area contributed by atoms with E-state index in [9.17, 15) is 4.79 Å². The molecule has 0 bridgehead atoms. The fourth-order valence-corrected chi connectivity index (χ4v) is 2.96. The van der Waals surface area contributed by atoms with Gasteiger partial charge in [0.2, 0.25) is 5.91 Å². The van der Waals surface area contributed by atoms with Gasteiger partial charge in [0.1, 0.15) is 0 Å². The number of rotatable bonds is 5. The number of carbonyl (C=O) groups excluding carboxylic acids is 1. The lowest BCUT2D eigenvalue weighted by molar-refractivity contribution is -0.136. The summed E-state index contributed by atoms with van der Waals surface area (Å²) >= 11 is 0. The molecule has 4 nitrogen and oxygen atoms in total. The Kier molecular flexibility index (Phi) is 6.27. The first-order valence-electron chi connectivity index (χ1n) is 7.60. The van der Waals surface area contributed by atoms with Crippen molar-refractivity contribution in [2.75, 3.05) is 20.6 Å². The maximum absolute atomic E-state index is 12.4. The maximum atomic E-state index is 12.4. The number of nitrogens with zero attached hydrogens (tertiary/aromatic N) is 2. The molecule has 0 aromatic heterocycles. The molecule has 1 atom stereocenters. The average molecular weight is 269 g/mol. The molecular formula is C15H31N3O. The second-order valence-corrected chi connectivity index (χ2v) is 6.32. The van der Waals surface area contributed by atoms with Gasteiger partial charge in [-0.3, -0.25) is 4.79 Å². The van der Waals surface area contributed by atoms with Gasteiger partial charge in [-0.05, 0) is 52.6 Å². The predicted octanol–water partition coefficient (Wildman–Crippen LogP) is 1.69. The molecule has 0 aromatic carbocycles. The van der Waals surface area contributed by atoms with Crippen LogP contribution in [0.3, 0.4) is 0 Å². The van der Waals surface area contributed by atoms with Crippen LogP contribution >= 0.6 is 0 Å². The molecule has 0 aliphatic heterocycles. The lowest BCUT2D eigenvalue weighted by atomic mass is 9.89. The van der Waals surface area contributed by atoms with Crippen LogP contribution in [-0.2, 0) is 4.79 Å². The molecule has 1 fully saturated rings. The molecule has 0 spiro atoms. The van der Waals surface area contributed by atoms with Crippen molar-refractivity contribution >= 4 is 5.91 Å². The van der Waals surface area contributed by atoms with Gasteiger partial charge in [-0.2, -0.15) is 0 Å². The number of amides is 1.